The van der Waals surface area contributed by atoms with Gasteiger partial charge in [-0.15, -0.1) is 0 Å². The number of nitrogens with zero attached hydrogens (tertiary/aromatic N) is 1. The first kappa shape index (κ1) is 16.5. The van der Waals surface area contributed by atoms with Gasteiger partial charge in [0, 0.05) is 6.54 Å². The van der Waals surface area contributed by atoms with Crippen LogP contribution in [0.5, 0.6) is 0 Å². The van der Waals surface area contributed by atoms with Gasteiger partial charge in [0.2, 0.25) is 0 Å². The molecule has 0 fully saturated rings. The topological polar surface area (TPSA) is 51.2 Å². The van der Waals surface area contributed by atoms with E-state index >= 15 is 0 Å². The summed E-state index contributed by atoms with van der Waals surface area (Å²) in [5.41, 5.74) is 3.13. The monoisotopic (exact) mass is 318 g/mol. The number of thiazole rings is 1. The zero-order valence-corrected chi connectivity index (χ0v) is 14.3. The molecular formula is C17H22N2O2S. The van der Waals surface area contributed by atoms with Crippen LogP contribution in [0.1, 0.15) is 40.3 Å². The average Bonchev–Trinajstić information content (AvgIpc) is 2.84. The summed E-state index contributed by atoms with van der Waals surface area (Å²) in [4.78, 5) is 17.0. The number of anilines is 1. The van der Waals surface area contributed by atoms with Crippen LogP contribution in [0.15, 0.2) is 24.3 Å². The molecule has 1 heterocycles. The Balaban J connectivity index is 1.98. The van der Waals surface area contributed by atoms with E-state index in [2.05, 4.69) is 35.4 Å². The van der Waals surface area contributed by atoms with Crippen molar-refractivity contribution in [1.29, 1.82) is 0 Å². The molecular weight excluding hydrogens is 296 g/mol. The second kappa shape index (κ2) is 7.40. The van der Waals surface area contributed by atoms with E-state index in [1.165, 1.54) is 22.5 Å². The number of esters is 1. The Bertz CT molecular complexity index is 650. The van der Waals surface area contributed by atoms with Crippen molar-refractivity contribution in [1.82, 2.24) is 4.98 Å². The molecule has 0 radical (unpaired) electrons. The molecule has 2 rings (SSSR count). The van der Waals surface area contributed by atoms with Crippen molar-refractivity contribution in [2.75, 3.05) is 11.9 Å². The summed E-state index contributed by atoms with van der Waals surface area (Å²) in [6.07, 6.45) is 0. The zero-order chi connectivity index (χ0) is 16.1. The van der Waals surface area contributed by atoms with Gasteiger partial charge >= 0.3 is 5.97 Å². The highest BCUT2D eigenvalue weighted by Gasteiger charge is 2.17. The molecule has 0 saturated heterocycles. The molecule has 0 spiro atoms. The lowest BCUT2D eigenvalue weighted by Gasteiger charge is -2.05. The van der Waals surface area contributed by atoms with Crippen LogP contribution in [0.4, 0.5) is 5.13 Å². The smallest absolute Gasteiger partial charge is 0.350 e. The van der Waals surface area contributed by atoms with Gasteiger partial charge in [-0.05, 0) is 25.3 Å². The van der Waals surface area contributed by atoms with E-state index in [0.717, 1.165) is 5.13 Å². The molecule has 0 bridgehead atoms. The van der Waals surface area contributed by atoms with Crippen LogP contribution in [0.25, 0.3) is 0 Å². The number of rotatable bonds is 6. The number of aryl methyl sites for hydroxylation is 2. The first-order valence-electron chi connectivity index (χ1n) is 7.39. The number of hydrogen-bond donors (Lipinski definition) is 1. The normalized spacial score (nSPS) is 10.8. The summed E-state index contributed by atoms with van der Waals surface area (Å²) in [7, 11) is 0. The van der Waals surface area contributed by atoms with E-state index < -0.39 is 0 Å². The fourth-order valence-electron chi connectivity index (χ4n) is 1.97. The lowest BCUT2D eigenvalue weighted by molar-refractivity contribution is 0.0463. The predicted molar refractivity (Wildman–Crippen MR) is 90.5 cm³/mol. The Morgan fingerprint density at radius 2 is 2.14 bits per heavy atom. The highest BCUT2D eigenvalue weighted by Crippen LogP contribution is 2.24. The highest BCUT2D eigenvalue weighted by molar-refractivity contribution is 7.17. The first-order valence-corrected chi connectivity index (χ1v) is 8.21. The molecule has 4 nitrogen and oxygen atoms in total. The molecule has 1 aromatic heterocycles. The molecule has 0 amide bonds. The molecule has 1 aromatic carbocycles. The van der Waals surface area contributed by atoms with Gasteiger partial charge in [0.05, 0.1) is 12.3 Å². The number of nitrogens with one attached hydrogen (secondary N) is 1. The molecule has 22 heavy (non-hydrogen) atoms. The minimum Gasteiger partial charge on any atom is -0.461 e. The maximum absolute atomic E-state index is 12.0. The van der Waals surface area contributed by atoms with E-state index in [1.807, 2.05) is 26.8 Å². The molecule has 118 valence electrons. The van der Waals surface area contributed by atoms with E-state index in [-0.39, 0.29) is 5.97 Å². The Morgan fingerprint density at radius 1 is 1.36 bits per heavy atom. The van der Waals surface area contributed by atoms with E-state index in [0.29, 0.717) is 29.6 Å². The molecule has 5 heteroatoms. The van der Waals surface area contributed by atoms with Crippen molar-refractivity contribution in [2.24, 2.45) is 5.92 Å². The van der Waals surface area contributed by atoms with Gasteiger partial charge in [-0.25, -0.2) is 9.78 Å². The maximum atomic E-state index is 12.0. The van der Waals surface area contributed by atoms with Gasteiger partial charge in [-0.1, -0.05) is 55.0 Å². The Morgan fingerprint density at radius 3 is 2.82 bits per heavy atom. The fourth-order valence-corrected chi connectivity index (χ4v) is 2.82. The lowest BCUT2D eigenvalue weighted by atomic mass is 10.1. The number of ether oxygens (including phenoxy) is 1. The van der Waals surface area contributed by atoms with Crippen LogP contribution in [0, 0.1) is 19.8 Å². The highest BCUT2D eigenvalue weighted by atomic mass is 32.1. The van der Waals surface area contributed by atoms with Crippen molar-refractivity contribution in [3.8, 4) is 0 Å². The molecule has 1 N–H and O–H groups in total. The van der Waals surface area contributed by atoms with Crippen molar-refractivity contribution in [2.45, 2.75) is 34.2 Å². The molecule has 0 saturated carbocycles. The Hall–Kier alpha value is -1.88. The fraction of sp³-hybridized carbons (Fsp3) is 0.412. The van der Waals surface area contributed by atoms with Crippen LogP contribution in [0.2, 0.25) is 0 Å². The molecule has 2 aromatic rings. The Labute approximate surface area is 135 Å². The molecule has 0 atom stereocenters. The van der Waals surface area contributed by atoms with E-state index in [4.69, 9.17) is 4.74 Å². The van der Waals surface area contributed by atoms with Crippen LogP contribution >= 0.6 is 11.3 Å². The minimum absolute atomic E-state index is 0.285. The van der Waals surface area contributed by atoms with Gasteiger partial charge in [0.15, 0.2) is 5.13 Å². The van der Waals surface area contributed by atoms with Crippen molar-refractivity contribution < 1.29 is 9.53 Å². The summed E-state index contributed by atoms with van der Waals surface area (Å²) in [5, 5.41) is 4.01. The number of aromatic nitrogens is 1. The third-order valence-corrected chi connectivity index (χ3v) is 4.15. The second-order valence-corrected chi connectivity index (χ2v) is 6.77. The summed E-state index contributed by atoms with van der Waals surface area (Å²) >= 11 is 1.35. The van der Waals surface area contributed by atoms with Gasteiger partial charge in [0.25, 0.3) is 0 Å². The summed E-state index contributed by atoms with van der Waals surface area (Å²) in [5.74, 6) is 0.0448. The number of benzene rings is 1. The molecule has 0 aliphatic heterocycles. The number of carbonyl (C=O) groups is 1. The minimum atomic E-state index is -0.285. The first-order chi connectivity index (χ1) is 10.5. The van der Waals surface area contributed by atoms with Crippen molar-refractivity contribution in [3.05, 3.63) is 46.0 Å². The average molecular weight is 318 g/mol. The second-order valence-electron chi connectivity index (χ2n) is 5.77. The number of carbonyl (C=O) groups excluding carboxylic acids is 1. The van der Waals surface area contributed by atoms with E-state index in [1.54, 1.807) is 0 Å². The third kappa shape index (κ3) is 4.56. The molecule has 0 aliphatic carbocycles. The summed E-state index contributed by atoms with van der Waals surface area (Å²) in [6, 6.07) is 8.30. The summed E-state index contributed by atoms with van der Waals surface area (Å²) in [6.45, 7) is 9.06. The van der Waals surface area contributed by atoms with Crippen LogP contribution < -0.4 is 5.32 Å². The third-order valence-electron chi connectivity index (χ3n) is 3.06. The van der Waals surface area contributed by atoms with Crippen LogP contribution in [-0.2, 0) is 11.3 Å². The zero-order valence-electron chi connectivity index (χ0n) is 13.5. The van der Waals surface area contributed by atoms with Gasteiger partial charge in [-0.3, -0.25) is 0 Å². The maximum Gasteiger partial charge on any atom is 0.350 e. The molecule has 0 aliphatic rings. The largest absolute Gasteiger partial charge is 0.461 e. The van der Waals surface area contributed by atoms with Crippen LogP contribution in [-0.4, -0.2) is 17.6 Å². The van der Waals surface area contributed by atoms with Crippen molar-refractivity contribution >= 4 is 22.4 Å². The SMILES string of the molecule is Cc1cccc(CNc2nc(C)c(C(=O)OCC(C)C)s2)c1. The predicted octanol–water partition coefficient (Wildman–Crippen LogP) is 4.18. The quantitative estimate of drug-likeness (QED) is 0.812. The molecule has 0 unspecified atom stereocenters. The standard InChI is InChI=1S/C17H22N2O2S/c1-11(2)10-21-16(20)15-13(4)19-17(22-15)18-9-14-7-5-6-12(3)8-14/h5-8,11H,9-10H2,1-4H3,(H,18,19). The summed E-state index contributed by atoms with van der Waals surface area (Å²) < 4.78 is 5.27. The van der Waals surface area contributed by atoms with E-state index in [9.17, 15) is 4.79 Å². The Kier molecular flexibility index (Phi) is 5.55. The lowest BCUT2D eigenvalue weighted by Crippen LogP contribution is -2.09. The van der Waals surface area contributed by atoms with Gasteiger partial charge in [-0.2, -0.15) is 0 Å². The van der Waals surface area contributed by atoms with Crippen molar-refractivity contribution in [3.63, 3.8) is 0 Å². The number of hydrogen-bond acceptors (Lipinski definition) is 5. The van der Waals surface area contributed by atoms with Gasteiger partial charge in [0.1, 0.15) is 4.88 Å². The van der Waals surface area contributed by atoms with Gasteiger partial charge < -0.3 is 10.1 Å². The van der Waals surface area contributed by atoms with Crippen LogP contribution in [0.3, 0.4) is 0 Å².